The fourth-order valence-electron chi connectivity index (χ4n) is 1.24. The van der Waals surface area contributed by atoms with Crippen LogP contribution in [0.2, 0.25) is 0 Å². The molecule has 0 aliphatic rings. The molecular formula is C12H20N2OS. The molecule has 0 amide bonds. The lowest BCUT2D eigenvalue weighted by atomic mass is 10.1. The molecule has 0 saturated heterocycles. The van der Waals surface area contributed by atoms with Gasteiger partial charge in [-0.2, -0.15) is 0 Å². The van der Waals surface area contributed by atoms with Crippen molar-refractivity contribution in [2.75, 3.05) is 6.54 Å². The predicted octanol–water partition coefficient (Wildman–Crippen LogP) is 1.74. The molecule has 0 unspecified atom stereocenters. The SMILES string of the molecule is CC(C)(C)[S@](=O)N[C@H](CN)c1ccccc1. The Labute approximate surface area is 100 Å². The molecule has 90 valence electrons. The normalized spacial score (nSPS) is 15.8. The van der Waals surface area contributed by atoms with Crippen molar-refractivity contribution in [3.8, 4) is 0 Å². The Morgan fingerprint density at radius 2 is 1.88 bits per heavy atom. The highest BCUT2D eigenvalue weighted by atomic mass is 32.2. The van der Waals surface area contributed by atoms with Crippen LogP contribution in [0.3, 0.4) is 0 Å². The van der Waals surface area contributed by atoms with Crippen LogP contribution in [0.4, 0.5) is 0 Å². The number of nitrogens with two attached hydrogens (primary N) is 1. The van der Waals surface area contributed by atoms with Crippen molar-refractivity contribution in [3.63, 3.8) is 0 Å². The smallest absolute Gasteiger partial charge is 0.0976 e. The van der Waals surface area contributed by atoms with Crippen LogP contribution in [-0.4, -0.2) is 15.5 Å². The first kappa shape index (κ1) is 13.4. The Balaban J connectivity index is 2.75. The topological polar surface area (TPSA) is 55.1 Å². The van der Waals surface area contributed by atoms with Crippen molar-refractivity contribution >= 4 is 11.0 Å². The molecule has 1 aromatic rings. The second kappa shape index (κ2) is 5.57. The van der Waals surface area contributed by atoms with Gasteiger partial charge in [-0.15, -0.1) is 0 Å². The summed E-state index contributed by atoms with van der Waals surface area (Å²) in [6, 6.07) is 9.80. The summed E-state index contributed by atoms with van der Waals surface area (Å²) in [6.07, 6.45) is 0. The summed E-state index contributed by atoms with van der Waals surface area (Å²) in [6.45, 7) is 6.25. The van der Waals surface area contributed by atoms with E-state index in [9.17, 15) is 4.21 Å². The third-order valence-electron chi connectivity index (χ3n) is 2.24. The van der Waals surface area contributed by atoms with Gasteiger partial charge in [-0.1, -0.05) is 30.3 Å². The summed E-state index contributed by atoms with van der Waals surface area (Å²) in [5.74, 6) is 0. The van der Waals surface area contributed by atoms with Gasteiger partial charge in [0.05, 0.1) is 21.8 Å². The van der Waals surface area contributed by atoms with Gasteiger partial charge in [0.15, 0.2) is 0 Å². The van der Waals surface area contributed by atoms with Crippen LogP contribution in [0.15, 0.2) is 30.3 Å². The molecule has 4 heteroatoms. The molecule has 16 heavy (non-hydrogen) atoms. The lowest BCUT2D eigenvalue weighted by Crippen LogP contribution is -2.38. The molecule has 0 bridgehead atoms. The van der Waals surface area contributed by atoms with Crippen molar-refractivity contribution < 1.29 is 4.21 Å². The van der Waals surface area contributed by atoms with E-state index in [1.807, 2.05) is 51.1 Å². The van der Waals surface area contributed by atoms with Crippen molar-refractivity contribution in [1.29, 1.82) is 0 Å². The average molecular weight is 240 g/mol. The van der Waals surface area contributed by atoms with E-state index in [-0.39, 0.29) is 10.8 Å². The molecule has 1 aromatic carbocycles. The van der Waals surface area contributed by atoms with Crippen molar-refractivity contribution in [2.24, 2.45) is 5.73 Å². The van der Waals surface area contributed by atoms with E-state index in [0.29, 0.717) is 6.54 Å². The fourth-order valence-corrected chi connectivity index (χ4v) is 2.09. The number of hydrogen-bond donors (Lipinski definition) is 2. The Kier molecular flexibility index (Phi) is 4.65. The van der Waals surface area contributed by atoms with E-state index >= 15 is 0 Å². The first-order valence-corrected chi connectivity index (χ1v) is 6.53. The number of rotatable bonds is 4. The second-order valence-corrected chi connectivity index (χ2v) is 6.70. The van der Waals surface area contributed by atoms with E-state index < -0.39 is 11.0 Å². The quantitative estimate of drug-likeness (QED) is 0.842. The van der Waals surface area contributed by atoms with Crippen molar-refractivity contribution in [1.82, 2.24) is 4.72 Å². The van der Waals surface area contributed by atoms with Crippen LogP contribution < -0.4 is 10.5 Å². The molecule has 0 radical (unpaired) electrons. The second-order valence-electron chi connectivity index (χ2n) is 4.70. The minimum absolute atomic E-state index is 0.0544. The molecule has 0 heterocycles. The molecule has 0 fully saturated rings. The maximum absolute atomic E-state index is 12.0. The highest BCUT2D eigenvalue weighted by Gasteiger charge is 2.22. The summed E-state index contributed by atoms with van der Waals surface area (Å²) in [5.41, 5.74) is 6.77. The standard InChI is InChI=1S/C12H20N2OS/c1-12(2,3)16(15)14-11(9-13)10-7-5-4-6-8-10/h4-8,11,14H,9,13H2,1-3H3/t11-,16+/m1/s1. The van der Waals surface area contributed by atoms with Gasteiger partial charge in [0.2, 0.25) is 0 Å². The molecule has 0 spiro atoms. The van der Waals surface area contributed by atoms with Crippen LogP contribution in [-0.2, 0) is 11.0 Å². The van der Waals surface area contributed by atoms with Crippen LogP contribution in [0, 0.1) is 0 Å². The summed E-state index contributed by atoms with van der Waals surface area (Å²) in [4.78, 5) is 0. The van der Waals surface area contributed by atoms with E-state index in [1.165, 1.54) is 0 Å². The fraction of sp³-hybridized carbons (Fsp3) is 0.500. The third kappa shape index (κ3) is 3.70. The van der Waals surface area contributed by atoms with Gasteiger partial charge in [0.1, 0.15) is 0 Å². The largest absolute Gasteiger partial charge is 0.329 e. The van der Waals surface area contributed by atoms with Gasteiger partial charge in [-0.25, -0.2) is 8.93 Å². The van der Waals surface area contributed by atoms with E-state index in [1.54, 1.807) is 0 Å². The van der Waals surface area contributed by atoms with Gasteiger partial charge in [0, 0.05) is 6.54 Å². The monoisotopic (exact) mass is 240 g/mol. The van der Waals surface area contributed by atoms with E-state index in [2.05, 4.69) is 4.72 Å². The zero-order valence-electron chi connectivity index (χ0n) is 10.1. The number of hydrogen-bond acceptors (Lipinski definition) is 2. The Bertz CT molecular complexity index is 346. The summed E-state index contributed by atoms with van der Waals surface area (Å²) in [7, 11) is -1.10. The van der Waals surface area contributed by atoms with E-state index in [0.717, 1.165) is 5.56 Å². The zero-order valence-corrected chi connectivity index (χ0v) is 10.9. The third-order valence-corrected chi connectivity index (χ3v) is 3.85. The summed E-state index contributed by atoms with van der Waals surface area (Å²) in [5, 5.41) is 0. The predicted molar refractivity (Wildman–Crippen MR) is 69.3 cm³/mol. The highest BCUT2D eigenvalue weighted by molar-refractivity contribution is 7.84. The summed E-state index contributed by atoms with van der Waals surface area (Å²) < 4.78 is 14.7. The Hall–Kier alpha value is -0.710. The zero-order chi connectivity index (χ0) is 12.2. The average Bonchev–Trinajstić information content (AvgIpc) is 2.25. The van der Waals surface area contributed by atoms with Crippen LogP contribution in [0.1, 0.15) is 32.4 Å². The summed E-state index contributed by atoms with van der Waals surface area (Å²) >= 11 is 0. The molecular weight excluding hydrogens is 220 g/mol. The van der Waals surface area contributed by atoms with Gasteiger partial charge >= 0.3 is 0 Å². The first-order chi connectivity index (χ1) is 7.45. The first-order valence-electron chi connectivity index (χ1n) is 5.38. The van der Waals surface area contributed by atoms with Gasteiger partial charge in [-0.05, 0) is 26.3 Å². The molecule has 0 aromatic heterocycles. The van der Waals surface area contributed by atoms with Crippen LogP contribution in [0.5, 0.6) is 0 Å². The molecule has 0 aliphatic carbocycles. The lowest BCUT2D eigenvalue weighted by Gasteiger charge is -2.23. The van der Waals surface area contributed by atoms with Crippen LogP contribution >= 0.6 is 0 Å². The van der Waals surface area contributed by atoms with Crippen LogP contribution in [0.25, 0.3) is 0 Å². The number of nitrogens with one attached hydrogen (secondary N) is 1. The minimum Gasteiger partial charge on any atom is -0.329 e. The van der Waals surface area contributed by atoms with Gasteiger partial charge in [-0.3, -0.25) is 0 Å². The minimum atomic E-state index is -1.10. The van der Waals surface area contributed by atoms with E-state index in [4.69, 9.17) is 5.73 Å². The molecule has 0 saturated carbocycles. The lowest BCUT2D eigenvalue weighted by molar-refractivity contribution is 0.602. The number of benzene rings is 1. The van der Waals surface area contributed by atoms with Gasteiger partial charge in [0.25, 0.3) is 0 Å². The van der Waals surface area contributed by atoms with Crippen molar-refractivity contribution in [3.05, 3.63) is 35.9 Å². The molecule has 2 atom stereocenters. The Morgan fingerprint density at radius 1 is 1.31 bits per heavy atom. The Morgan fingerprint density at radius 3 is 2.31 bits per heavy atom. The molecule has 3 nitrogen and oxygen atoms in total. The molecule has 3 N–H and O–H groups in total. The molecule has 1 rings (SSSR count). The maximum Gasteiger partial charge on any atom is 0.0976 e. The van der Waals surface area contributed by atoms with Crippen molar-refractivity contribution in [2.45, 2.75) is 31.6 Å². The van der Waals surface area contributed by atoms with Gasteiger partial charge < -0.3 is 5.73 Å². The highest BCUT2D eigenvalue weighted by Crippen LogP contribution is 2.16. The maximum atomic E-state index is 12.0. The molecule has 0 aliphatic heterocycles.